The minimum absolute atomic E-state index is 0.00779. The molecule has 1 aromatic heterocycles. The van der Waals surface area contributed by atoms with Crippen LogP contribution in [0.15, 0.2) is 36.7 Å². The van der Waals surface area contributed by atoms with Gasteiger partial charge in [-0.15, -0.1) is 0 Å². The third-order valence-corrected chi connectivity index (χ3v) is 2.45. The lowest BCUT2D eigenvalue weighted by atomic mass is 10.1. The van der Waals surface area contributed by atoms with Gasteiger partial charge in [0, 0.05) is 24.3 Å². The SMILES string of the molecule is NCCOCC(=O)Nc1cccc2ccncc12. The fraction of sp³-hybridized carbons (Fsp3) is 0.231. The molecule has 0 spiro atoms. The molecule has 0 aliphatic heterocycles. The van der Waals surface area contributed by atoms with Crippen molar-refractivity contribution in [3.05, 3.63) is 36.7 Å². The summed E-state index contributed by atoms with van der Waals surface area (Å²) in [5.41, 5.74) is 6.01. The molecule has 0 aliphatic rings. The number of amides is 1. The Morgan fingerprint density at radius 3 is 3.11 bits per heavy atom. The fourth-order valence-corrected chi connectivity index (χ4v) is 1.66. The lowest BCUT2D eigenvalue weighted by molar-refractivity contribution is -0.120. The van der Waals surface area contributed by atoms with Gasteiger partial charge >= 0.3 is 0 Å². The molecule has 5 nitrogen and oxygen atoms in total. The Kier molecular flexibility index (Phi) is 4.22. The number of rotatable bonds is 5. The van der Waals surface area contributed by atoms with Crippen molar-refractivity contribution in [2.75, 3.05) is 25.1 Å². The summed E-state index contributed by atoms with van der Waals surface area (Å²) in [7, 11) is 0. The monoisotopic (exact) mass is 245 g/mol. The Labute approximate surface area is 105 Å². The lowest BCUT2D eigenvalue weighted by Gasteiger charge is -2.08. The number of carbonyl (C=O) groups is 1. The highest BCUT2D eigenvalue weighted by Gasteiger charge is 2.05. The molecule has 0 bridgehead atoms. The van der Waals surface area contributed by atoms with Gasteiger partial charge in [0.15, 0.2) is 0 Å². The Morgan fingerprint density at radius 1 is 1.39 bits per heavy atom. The molecule has 0 atom stereocenters. The zero-order valence-corrected chi connectivity index (χ0v) is 9.93. The topological polar surface area (TPSA) is 77.2 Å². The first-order chi connectivity index (χ1) is 8.81. The summed E-state index contributed by atoms with van der Waals surface area (Å²) in [4.78, 5) is 15.7. The largest absolute Gasteiger partial charge is 0.370 e. The number of nitrogens with one attached hydrogen (secondary N) is 1. The molecular formula is C13H15N3O2. The van der Waals surface area contributed by atoms with Crippen molar-refractivity contribution in [2.45, 2.75) is 0 Å². The second kappa shape index (κ2) is 6.09. The van der Waals surface area contributed by atoms with E-state index < -0.39 is 0 Å². The van der Waals surface area contributed by atoms with Gasteiger partial charge in [-0.05, 0) is 17.5 Å². The van der Waals surface area contributed by atoms with E-state index in [-0.39, 0.29) is 12.5 Å². The molecule has 0 aliphatic carbocycles. The summed E-state index contributed by atoms with van der Waals surface area (Å²) in [6.07, 6.45) is 3.45. The van der Waals surface area contributed by atoms with Crippen LogP contribution in [0, 0.1) is 0 Å². The zero-order chi connectivity index (χ0) is 12.8. The number of ether oxygens (including phenoxy) is 1. The summed E-state index contributed by atoms with van der Waals surface area (Å²) < 4.78 is 5.08. The van der Waals surface area contributed by atoms with Gasteiger partial charge in [0.25, 0.3) is 0 Å². The zero-order valence-electron chi connectivity index (χ0n) is 9.93. The molecule has 1 heterocycles. The van der Waals surface area contributed by atoms with E-state index >= 15 is 0 Å². The molecule has 0 fully saturated rings. The molecule has 0 radical (unpaired) electrons. The summed E-state index contributed by atoms with van der Waals surface area (Å²) >= 11 is 0. The molecule has 0 saturated carbocycles. The van der Waals surface area contributed by atoms with Crippen LogP contribution in [0.3, 0.4) is 0 Å². The molecule has 3 N–H and O–H groups in total. The van der Waals surface area contributed by atoms with Crippen LogP contribution in [0.2, 0.25) is 0 Å². The number of pyridine rings is 1. The van der Waals surface area contributed by atoms with Crippen LogP contribution < -0.4 is 11.1 Å². The molecular weight excluding hydrogens is 230 g/mol. The number of nitrogens with two attached hydrogens (primary N) is 1. The summed E-state index contributed by atoms with van der Waals surface area (Å²) in [5, 5.41) is 4.74. The van der Waals surface area contributed by atoms with Gasteiger partial charge in [-0.2, -0.15) is 0 Å². The van der Waals surface area contributed by atoms with E-state index in [0.717, 1.165) is 16.5 Å². The number of nitrogens with zero attached hydrogens (tertiary/aromatic N) is 1. The van der Waals surface area contributed by atoms with Crippen LogP contribution in [0.5, 0.6) is 0 Å². The van der Waals surface area contributed by atoms with E-state index in [1.54, 1.807) is 12.4 Å². The Hall–Kier alpha value is -1.98. The minimum Gasteiger partial charge on any atom is -0.370 e. The summed E-state index contributed by atoms with van der Waals surface area (Å²) in [6, 6.07) is 7.59. The fourth-order valence-electron chi connectivity index (χ4n) is 1.66. The highest BCUT2D eigenvalue weighted by molar-refractivity contribution is 6.02. The van der Waals surface area contributed by atoms with Crippen molar-refractivity contribution in [3.63, 3.8) is 0 Å². The van der Waals surface area contributed by atoms with Crippen molar-refractivity contribution in [1.82, 2.24) is 4.98 Å². The lowest BCUT2D eigenvalue weighted by Crippen LogP contribution is -2.20. The first-order valence-corrected chi connectivity index (χ1v) is 5.71. The Morgan fingerprint density at radius 2 is 2.28 bits per heavy atom. The van der Waals surface area contributed by atoms with E-state index in [1.807, 2.05) is 24.3 Å². The molecule has 0 unspecified atom stereocenters. The van der Waals surface area contributed by atoms with E-state index in [0.29, 0.717) is 13.2 Å². The van der Waals surface area contributed by atoms with Gasteiger partial charge in [-0.25, -0.2) is 0 Å². The molecule has 18 heavy (non-hydrogen) atoms. The van der Waals surface area contributed by atoms with Gasteiger partial charge in [0.05, 0.1) is 12.3 Å². The van der Waals surface area contributed by atoms with Crippen molar-refractivity contribution in [2.24, 2.45) is 5.73 Å². The van der Waals surface area contributed by atoms with Crippen LogP contribution in [-0.2, 0) is 9.53 Å². The van der Waals surface area contributed by atoms with Gasteiger partial charge in [-0.1, -0.05) is 12.1 Å². The smallest absolute Gasteiger partial charge is 0.250 e. The van der Waals surface area contributed by atoms with Crippen molar-refractivity contribution in [1.29, 1.82) is 0 Å². The van der Waals surface area contributed by atoms with Crippen molar-refractivity contribution >= 4 is 22.4 Å². The van der Waals surface area contributed by atoms with Crippen LogP contribution in [0.25, 0.3) is 10.8 Å². The Bertz CT molecular complexity index is 537. The third-order valence-electron chi connectivity index (χ3n) is 2.45. The molecule has 1 aromatic carbocycles. The average molecular weight is 245 g/mol. The minimum atomic E-state index is -0.195. The predicted octanol–water partition coefficient (Wildman–Crippen LogP) is 1.15. The van der Waals surface area contributed by atoms with Crippen LogP contribution in [0.4, 0.5) is 5.69 Å². The normalized spacial score (nSPS) is 10.5. The number of fused-ring (bicyclic) bond motifs is 1. The number of hydrogen-bond donors (Lipinski definition) is 2. The maximum absolute atomic E-state index is 11.6. The number of benzene rings is 1. The average Bonchev–Trinajstić information content (AvgIpc) is 2.39. The first-order valence-electron chi connectivity index (χ1n) is 5.71. The van der Waals surface area contributed by atoms with E-state index in [1.165, 1.54) is 0 Å². The molecule has 5 heteroatoms. The molecule has 2 rings (SSSR count). The second-order valence-electron chi connectivity index (χ2n) is 3.79. The maximum atomic E-state index is 11.6. The number of carbonyl (C=O) groups excluding carboxylic acids is 1. The van der Waals surface area contributed by atoms with E-state index in [4.69, 9.17) is 10.5 Å². The van der Waals surface area contributed by atoms with Gasteiger partial charge in [0.1, 0.15) is 6.61 Å². The highest BCUT2D eigenvalue weighted by atomic mass is 16.5. The number of anilines is 1. The third kappa shape index (κ3) is 3.03. The summed E-state index contributed by atoms with van der Waals surface area (Å²) in [6.45, 7) is 0.795. The number of hydrogen-bond acceptors (Lipinski definition) is 4. The van der Waals surface area contributed by atoms with Crippen LogP contribution in [-0.4, -0.2) is 30.6 Å². The van der Waals surface area contributed by atoms with Gasteiger partial charge in [-0.3, -0.25) is 9.78 Å². The van der Waals surface area contributed by atoms with Crippen molar-refractivity contribution < 1.29 is 9.53 Å². The van der Waals surface area contributed by atoms with Crippen LogP contribution >= 0.6 is 0 Å². The van der Waals surface area contributed by atoms with E-state index in [2.05, 4.69) is 10.3 Å². The van der Waals surface area contributed by atoms with Gasteiger partial charge < -0.3 is 15.8 Å². The van der Waals surface area contributed by atoms with Crippen LogP contribution in [0.1, 0.15) is 0 Å². The van der Waals surface area contributed by atoms with E-state index in [9.17, 15) is 4.79 Å². The second-order valence-corrected chi connectivity index (χ2v) is 3.79. The summed E-state index contributed by atoms with van der Waals surface area (Å²) in [5.74, 6) is -0.195. The predicted molar refractivity (Wildman–Crippen MR) is 70.2 cm³/mol. The maximum Gasteiger partial charge on any atom is 0.250 e. The highest BCUT2D eigenvalue weighted by Crippen LogP contribution is 2.21. The van der Waals surface area contributed by atoms with Gasteiger partial charge in [0.2, 0.25) is 5.91 Å². The quantitative estimate of drug-likeness (QED) is 0.775. The molecule has 1 amide bonds. The molecule has 0 saturated heterocycles. The molecule has 94 valence electrons. The standard InChI is InChI=1S/C13H15N3O2/c14-5-7-18-9-13(17)16-12-3-1-2-10-4-6-15-8-11(10)12/h1-4,6,8H,5,7,9,14H2,(H,16,17). The number of aromatic nitrogens is 1. The molecule has 2 aromatic rings. The first kappa shape index (κ1) is 12.5. The van der Waals surface area contributed by atoms with Crippen molar-refractivity contribution in [3.8, 4) is 0 Å². The Balaban J connectivity index is 2.09.